The highest BCUT2D eigenvalue weighted by molar-refractivity contribution is 7.89. The molecule has 2 aromatic rings. The number of halogens is 1. The van der Waals surface area contributed by atoms with Crippen molar-refractivity contribution in [3.05, 3.63) is 41.7 Å². The molecule has 1 aliphatic rings. The number of piperidine rings is 1. The minimum Gasteiger partial charge on any atom is -0.356 e. The van der Waals surface area contributed by atoms with Crippen molar-refractivity contribution in [2.75, 3.05) is 23.3 Å². The van der Waals surface area contributed by atoms with Crippen molar-refractivity contribution in [1.29, 1.82) is 0 Å². The zero-order chi connectivity index (χ0) is 22.4. The van der Waals surface area contributed by atoms with E-state index in [0.29, 0.717) is 23.2 Å². The molecule has 0 spiro atoms. The second-order valence-corrected chi connectivity index (χ2v) is 9.95. The summed E-state index contributed by atoms with van der Waals surface area (Å²) in [6, 6.07) is 6.46. The first-order valence-corrected chi connectivity index (χ1v) is 12.3. The van der Waals surface area contributed by atoms with Crippen LogP contribution in [0.5, 0.6) is 0 Å². The first-order chi connectivity index (χ1) is 14.8. The summed E-state index contributed by atoms with van der Waals surface area (Å²) in [4.78, 5) is 23.3. The van der Waals surface area contributed by atoms with Crippen LogP contribution in [-0.4, -0.2) is 43.4 Å². The molecule has 0 bridgehead atoms. The fraction of sp³-hybridized carbons (Fsp3) is 0.476. The Morgan fingerprint density at radius 1 is 1.26 bits per heavy atom. The minimum absolute atomic E-state index is 0.104. The van der Waals surface area contributed by atoms with E-state index in [1.54, 1.807) is 24.3 Å². The maximum absolute atomic E-state index is 12.7. The third kappa shape index (κ3) is 6.38. The van der Waals surface area contributed by atoms with Crippen LogP contribution in [-0.2, 0) is 14.8 Å². The monoisotopic (exact) mass is 465 g/mol. The quantitative estimate of drug-likeness (QED) is 0.618. The highest BCUT2D eigenvalue weighted by Crippen LogP contribution is 2.24. The number of pyridine rings is 2. The maximum atomic E-state index is 12.7. The molecular formula is C21H28ClN5O3S. The molecule has 0 radical (unpaired) electrons. The lowest BCUT2D eigenvalue weighted by atomic mass is 9.97. The number of amides is 1. The van der Waals surface area contributed by atoms with Gasteiger partial charge in [0.1, 0.15) is 16.5 Å². The van der Waals surface area contributed by atoms with Gasteiger partial charge in [-0.25, -0.2) is 23.1 Å². The molecule has 3 rings (SSSR count). The maximum Gasteiger partial charge on any atom is 0.242 e. The second kappa shape index (κ2) is 10.4. The summed E-state index contributed by atoms with van der Waals surface area (Å²) in [7, 11) is -3.60. The Hall–Kier alpha value is -2.23. The molecule has 1 aliphatic heterocycles. The van der Waals surface area contributed by atoms with Crippen molar-refractivity contribution in [1.82, 2.24) is 14.7 Å². The van der Waals surface area contributed by atoms with Crippen molar-refractivity contribution < 1.29 is 13.2 Å². The molecular weight excluding hydrogens is 438 g/mol. The van der Waals surface area contributed by atoms with Crippen LogP contribution in [0.1, 0.15) is 39.5 Å². The second-order valence-electron chi connectivity index (χ2n) is 7.80. The van der Waals surface area contributed by atoms with E-state index in [-0.39, 0.29) is 22.8 Å². The van der Waals surface area contributed by atoms with Gasteiger partial charge in [-0.15, -0.1) is 0 Å². The van der Waals surface area contributed by atoms with Crippen molar-refractivity contribution >= 4 is 39.2 Å². The fourth-order valence-corrected chi connectivity index (χ4v) is 4.95. The molecule has 8 nitrogen and oxygen atoms in total. The number of nitrogens with one attached hydrogen (secondary N) is 2. The molecule has 2 atom stereocenters. The van der Waals surface area contributed by atoms with Gasteiger partial charge in [-0.1, -0.05) is 24.9 Å². The lowest BCUT2D eigenvalue weighted by Gasteiger charge is -2.32. The molecule has 1 fully saturated rings. The van der Waals surface area contributed by atoms with Crippen LogP contribution in [0.2, 0.25) is 5.02 Å². The Balaban J connectivity index is 1.63. The zero-order valence-corrected chi connectivity index (χ0v) is 19.3. The highest BCUT2D eigenvalue weighted by atomic mass is 35.5. The SMILES string of the molecule is CCCC(C)NS(=O)(=O)c1ccc(N2CCCC(C(=O)Nc3ccc(Cl)cn3)C2)nc1. The smallest absolute Gasteiger partial charge is 0.242 e. The van der Waals surface area contributed by atoms with E-state index in [0.717, 1.165) is 32.2 Å². The Bertz CT molecular complexity index is 983. The summed E-state index contributed by atoms with van der Waals surface area (Å²) in [5, 5.41) is 3.33. The zero-order valence-electron chi connectivity index (χ0n) is 17.7. The summed E-state index contributed by atoms with van der Waals surface area (Å²) in [5.74, 6) is 0.799. The predicted molar refractivity (Wildman–Crippen MR) is 122 cm³/mol. The number of sulfonamides is 1. The van der Waals surface area contributed by atoms with Crippen molar-refractivity contribution in [3.8, 4) is 0 Å². The largest absolute Gasteiger partial charge is 0.356 e. The Kier molecular flexibility index (Phi) is 7.85. The summed E-state index contributed by atoms with van der Waals surface area (Å²) < 4.78 is 27.7. The average Bonchev–Trinajstić information content (AvgIpc) is 2.75. The summed E-state index contributed by atoms with van der Waals surface area (Å²) >= 11 is 5.83. The molecule has 168 valence electrons. The van der Waals surface area contributed by atoms with Crippen LogP contribution < -0.4 is 14.9 Å². The number of rotatable bonds is 8. The number of nitrogens with zero attached hydrogens (tertiary/aromatic N) is 3. The molecule has 0 saturated carbocycles. The third-order valence-electron chi connectivity index (χ3n) is 5.20. The third-order valence-corrected chi connectivity index (χ3v) is 7.00. The van der Waals surface area contributed by atoms with Crippen LogP contribution in [0.3, 0.4) is 0 Å². The lowest BCUT2D eigenvalue weighted by molar-refractivity contribution is -0.120. The molecule has 2 unspecified atom stereocenters. The first kappa shape index (κ1) is 23.4. The van der Waals surface area contributed by atoms with Crippen LogP contribution >= 0.6 is 11.6 Å². The molecule has 0 aromatic carbocycles. The van der Waals surface area contributed by atoms with Crippen LogP contribution in [0, 0.1) is 5.92 Å². The van der Waals surface area contributed by atoms with E-state index >= 15 is 0 Å². The van der Waals surface area contributed by atoms with E-state index in [9.17, 15) is 13.2 Å². The van der Waals surface area contributed by atoms with E-state index in [1.807, 2.05) is 18.7 Å². The highest BCUT2D eigenvalue weighted by Gasteiger charge is 2.27. The molecule has 2 N–H and O–H groups in total. The topological polar surface area (TPSA) is 104 Å². The Morgan fingerprint density at radius 2 is 2.06 bits per heavy atom. The number of anilines is 2. The molecule has 0 aliphatic carbocycles. The van der Waals surface area contributed by atoms with Gasteiger partial charge in [0, 0.05) is 31.5 Å². The van der Waals surface area contributed by atoms with Gasteiger partial charge in [0.2, 0.25) is 15.9 Å². The molecule has 31 heavy (non-hydrogen) atoms. The van der Waals surface area contributed by atoms with Gasteiger partial charge < -0.3 is 10.2 Å². The van der Waals surface area contributed by atoms with Crippen LogP contribution in [0.25, 0.3) is 0 Å². The molecule has 1 saturated heterocycles. The van der Waals surface area contributed by atoms with Gasteiger partial charge in [-0.2, -0.15) is 0 Å². The number of carbonyl (C=O) groups is 1. The van der Waals surface area contributed by atoms with E-state index in [1.165, 1.54) is 12.4 Å². The number of carbonyl (C=O) groups excluding carboxylic acids is 1. The number of aromatic nitrogens is 2. The van der Waals surface area contributed by atoms with E-state index in [4.69, 9.17) is 11.6 Å². The van der Waals surface area contributed by atoms with Gasteiger partial charge in [0.25, 0.3) is 0 Å². The van der Waals surface area contributed by atoms with E-state index < -0.39 is 10.0 Å². The predicted octanol–water partition coefficient (Wildman–Crippen LogP) is 3.45. The van der Waals surface area contributed by atoms with Gasteiger partial charge in [-0.3, -0.25) is 4.79 Å². The number of hydrogen-bond donors (Lipinski definition) is 2. The molecule has 3 heterocycles. The van der Waals surface area contributed by atoms with Crippen LogP contribution in [0.15, 0.2) is 41.6 Å². The van der Waals surface area contributed by atoms with Gasteiger partial charge in [0.15, 0.2) is 0 Å². The summed E-state index contributed by atoms with van der Waals surface area (Å²) in [5.41, 5.74) is 0. The summed E-state index contributed by atoms with van der Waals surface area (Å²) in [6.45, 7) is 5.12. The first-order valence-electron chi connectivity index (χ1n) is 10.4. The molecule has 1 amide bonds. The standard InChI is InChI=1S/C21H28ClN5O3S/c1-3-5-15(2)26-31(29,30)18-8-10-20(24-13-18)27-11-4-6-16(14-27)21(28)25-19-9-7-17(22)12-23-19/h7-10,12-13,15-16,26H,3-6,11,14H2,1-2H3,(H,23,25,28). The van der Waals surface area contributed by atoms with Crippen molar-refractivity contribution in [2.24, 2.45) is 5.92 Å². The fourth-order valence-electron chi connectivity index (χ4n) is 3.62. The van der Waals surface area contributed by atoms with Gasteiger partial charge in [-0.05, 0) is 50.5 Å². The Labute approximate surface area is 188 Å². The average molecular weight is 466 g/mol. The normalized spacial score (nSPS) is 17.9. The number of hydrogen-bond acceptors (Lipinski definition) is 6. The minimum atomic E-state index is -3.60. The van der Waals surface area contributed by atoms with Crippen LogP contribution in [0.4, 0.5) is 11.6 Å². The lowest BCUT2D eigenvalue weighted by Crippen LogP contribution is -2.41. The molecule has 2 aromatic heterocycles. The van der Waals surface area contributed by atoms with Crippen molar-refractivity contribution in [3.63, 3.8) is 0 Å². The molecule has 10 heteroatoms. The van der Waals surface area contributed by atoms with Gasteiger partial charge >= 0.3 is 0 Å². The Morgan fingerprint density at radius 3 is 2.71 bits per heavy atom. The van der Waals surface area contributed by atoms with Gasteiger partial charge in [0.05, 0.1) is 10.9 Å². The van der Waals surface area contributed by atoms with Crippen molar-refractivity contribution in [2.45, 2.75) is 50.5 Å². The van der Waals surface area contributed by atoms with E-state index in [2.05, 4.69) is 20.0 Å². The summed E-state index contributed by atoms with van der Waals surface area (Å²) in [6.07, 6.45) is 6.14.